The molecule has 1 aromatic carbocycles. The van der Waals surface area contributed by atoms with E-state index in [0.717, 1.165) is 12.8 Å². The van der Waals surface area contributed by atoms with E-state index in [4.69, 9.17) is 9.47 Å². The number of hydrogen-bond acceptors (Lipinski definition) is 4. The maximum atomic E-state index is 12.2. The van der Waals surface area contributed by atoms with Crippen molar-refractivity contribution < 1.29 is 24.5 Å². The molecule has 0 saturated heterocycles. The molecule has 5 nitrogen and oxygen atoms in total. The van der Waals surface area contributed by atoms with Gasteiger partial charge >= 0.3 is 5.97 Å². The van der Waals surface area contributed by atoms with E-state index in [9.17, 15) is 9.59 Å². The molecule has 0 aromatic heterocycles. The molecule has 0 aliphatic carbocycles. The highest BCUT2D eigenvalue weighted by molar-refractivity contribution is 6.00. The summed E-state index contributed by atoms with van der Waals surface area (Å²) < 4.78 is 10.9. The Balaban J connectivity index is 0.00000576. The molecule has 0 fully saturated rings. The first-order valence-corrected chi connectivity index (χ1v) is 8.47. The highest BCUT2D eigenvalue weighted by Gasteiger charge is 2.22. The van der Waals surface area contributed by atoms with E-state index >= 15 is 0 Å². The third-order valence-corrected chi connectivity index (χ3v) is 3.37. The van der Waals surface area contributed by atoms with Crippen LogP contribution in [-0.4, -0.2) is 36.0 Å². The van der Waals surface area contributed by atoms with Crippen LogP contribution in [0.4, 0.5) is 0 Å². The molecule has 0 aliphatic rings. The van der Waals surface area contributed by atoms with Crippen LogP contribution in [0.1, 0.15) is 75.1 Å². The fourth-order valence-corrected chi connectivity index (χ4v) is 2.02. The zero-order chi connectivity index (χ0) is 18.4. The minimum atomic E-state index is -0.433. The predicted molar refractivity (Wildman–Crippen MR) is 99.1 cm³/mol. The Morgan fingerprint density at radius 1 is 0.840 bits per heavy atom. The largest absolute Gasteiger partial charge is 0.462 e. The molecule has 1 aromatic rings. The molecule has 142 valence electrons. The number of hydrogen-bond donors (Lipinski definition) is 0. The van der Waals surface area contributed by atoms with E-state index in [1.54, 1.807) is 24.3 Å². The molecule has 0 spiro atoms. The number of Topliss-reactive ketones (excluding diaryl/α,β-unsaturated/α-hetero) is 1. The second-order valence-electron chi connectivity index (χ2n) is 7.96. The Morgan fingerprint density at radius 3 is 1.80 bits per heavy atom. The van der Waals surface area contributed by atoms with E-state index in [-0.39, 0.29) is 22.8 Å². The van der Waals surface area contributed by atoms with Gasteiger partial charge in [0.1, 0.15) is 0 Å². The van der Waals surface area contributed by atoms with Crippen LogP contribution >= 0.6 is 0 Å². The summed E-state index contributed by atoms with van der Waals surface area (Å²) in [6.07, 6.45) is 1.62. The average molecular weight is 352 g/mol. The first-order chi connectivity index (χ1) is 11.0. The lowest BCUT2D eigenvalue weighted by atomic mass is 9.86. The topological polar surface area (TPSA) is 84.1 Å². The second kappa shape index (κ2) is 9.68. The molecule has 0 atom stereocenters. The first-order valence-electron chi connectivity index (χ1n) is 8.47. The summed E-state index contributed by atoms with van der Waals surface area (Å²) in [7, 11) is 0. The Labute approximate surface area is 151 Å². The van der Waals surface area contributed by atoms with Gasteiger partial charge in [0.2, 0.25) is 0 Å². The van der Waals surface area contributed by atoms with Gasteiger partial charge < -0.3 is 14.9 Å². The van der Waals surface area contributed by atoms with E-state index in [2.05, 4.69) is 0 Å². The van der Waals surface area contributed by atoms with Crippen LogP contribution in [0.25, 0.3) is 0 Å². The molecular formula is C20H32O5. The Morgan fingerprint density at radius 2 is 1.32 bits per heavy atom. The monoisotopic (exact) mass is 352 g/mol. The van der Waals surface area contributed by atoms with Crippen molar-refractivity contribution in [3.63, 3.8) is 0 Å². The summed E-state index contributed by atoms with van der Waals surface area (Å²) >= 11 is 0. The Hall–Kier alpha value is -1.72. The van der Waals surface area contributed by atoms with Gasteiger partial charge in [-0.2, -0.15) is 0 Å². The van der Waals surface area contributed by atoms with Crippen LogP contribution in [-0.2, 0) is 9.47 Å². The third kappa shape index (κ3) is 8.79. The highest BCUT2D eigenvalue weighted by atomic mass is 16.5. The van der Waals surface area contributed by atoms with Gasteiger partial charge in [-0.15, -0.1) is 0 Å². The molecule has 0 aliphatic heterocycles. The molecule has 0 radical (unpaired) electrons. The van der Waals surface area contributed by atoms with Crippen LogP contribution in [0, 0.1) is 5.41 Å². The second-order valence-corrected chi connectivity index (χ2v) is 7.96. The van der Waals surface area contributed by atoms with E-state index in [1.165, 1.54) is 0 Å². The minimum Gasteiger partial charge on any atom is -0.462 e. The number of benzene rings is 1. The van der Waals surface area contributed by atoms with Gasteiger partial charge in [-0.05, 0) is 45.7 Å². The summed E-state index contributed by atoms with van der Waals surface area (Å²) in [5.41, 5.74) is 0.504. The van der Waals surface area contributed by atoms with Crippen LogP contribution in [0.2, 0.25) is 0 Å². The highest BCUT2D eigenvalue weighted by Crippen LogP contribution is 2.21. The van der Waals surface area contributed by atoms with Crippen LogP contribution in [0.5, 0.6) is 0 Å². The van der Waals surface area contributed by atoms with E-state index in [0.29, 0.717) is 24.3 Å². The van der Waals surface area contributed by atoms with Gasteiger partial charge in [0.15, 0.2) is 5.78 Å². The van der Waals surface area contributed by atoms with E-state index in [1.807, 2.05) is 41.5 Å². The number of unbranched alkanes of at least 4 members (excludes halogenated alkanes) is 1. The molecule has 5 heteroatoms. The first kappa shape index (κ1) is 23.3. The molecule has 0 saturated carbocycles. The summed E-state index contributed by atoms with van der Waals surface area (Å²) in [6, 6.07) is 6.65. The number of esters is 1. The smallest absolute Gasteiger partial charge is 0.338 e. The van der Waals surface area contributed by atoms with Gasteiger partial charge in [-0.25, -0.2) is 4.79 Å². The molecule has 0 bridgehead atoms. The van der Waals surface area contributed by atoms with Crippen molar-refractivity contribution in [2.45, 2.75) is 60.0 Å². The van der Waals surface area contributed by atoms with Crippen LogP contribution in [0.15, 0.2) is 24.3 Å². The van der Waals surface area contributed by atoms with Gasteiger partial charge in [0.25, 0.3) is 0 Å². The third-order valence-electron chi connectivity index (χ3n) is 3.37. The quantitative estimate of drug-likeness (QED) is 0.424. The van der Waals surface area contributed by atoms with Crippen molar-refractivity contribution >= 4 is 11.8 Å². The van der Waals surface area contributed by atoms with Crippen molar-refractivity contribution in [2.75, 3.05) is 13.2 Å². The number of carbonyl (C=O) groups is 2. The Bertz CT molecular complexity index is 547. The molecule has 0 unspecified atom stereocenters. The van der Waals surface area contributed by atoms with Crippen LogP contribution in [0.3, 0.4) is 0 Å². The molecule has 25 heavy (non-hydrogen) atoms. The average Bonchev–Trinajstić information content (AvgIpc) is 2.48. The standard InChI is InChI=1S/C20H30O4.H2O/c1-19(2,3)17(21)15-9-11-16(12-10-15)18(22)23-13-7-8-14-24-20(4,5)6;/h9-12H,7-8,13-14H2,1-6H3;1H2. The number of ether oxygens (including phenoxy) is 2. The summed E-state index contributed by atoms with van der Waals surface area (Å²) in [4.78, 5) is 24.1. The van der Waals surface area contributed by atoms with Crippen molar-refractivity contribution in [3.05, 3.63) is 35.4 Å². The zero-order valence-electron chi connectivity index (χ0n) is 16.3. The minimum absolute atomic E-state index is 0. The number of ketones is 1. The van der Waals surface area contributed by atoms with Crippen molar-refractivity contribution in [2.24, 2.45) is 5.41 Å². The molecule has 0 heterocycles. The van der Waals surface area contributed by atoms with Gasteiger partial charge in [0, 0.05) is 17.6 Å². The van der Waals surface area contributed by atoms with Crippen molar-refractivity contribution in [1.82, 2.24) is 0 Å². The lowest BCUT2D eigenvalue weighted by Crippen LogP contribution is -2.20. The molecule has 2 N–H and O–H groups in total. The van der Waals surface area contributed by atoms with Crippen molar-refractivity contribution in [3.8, 4) is 0 Å². The predicted octanol–water partition coefficient (Wildman–Crippen LogP) is 3.84. The van der Waals surface area contributed by atoms with Gasteiger partial charge in [0.05, 0.1) is 17.8 Å². The lowest BCUT2D eigenvalue weighted by Gasteiger charge is -2.19. The lowest BCUT2D eigenvalue weighted by molar-refractivity contribution is -0.00692. The summed E-state index contributed by atoms with van der Waals surface area (Å²) in [5, 5.41) is 0. The van der Waals surface area contributed by atoms with Gasteiger partial charge in [-0.3, -0.25) is 4.79 Å². The van der Waals surface area contributed by atoms with Crippen molar-refractivity contribution in [1.29, 1.82) is 0 Å². The maximum Gasteiger partial charge on any atom is 0.338 e. The van der Waals surface area contributed by atoms with Gasteiger partial charge in [-0.1, -0.05) is 32.9 Å². The zero-order valence-corrected chi connectivity index (χ0v) is 16.3. The van der Waals surface area contributed by atoms with Crippen LogP contribution < -0.4 is 0 Å². The number of carbonyl (C=O) groups excluding carboxylic acids is 2. The molecular weight excluding hydrogens is 320 g/mol. The van der Waals surface area contributed by atoms with E-state index < -0.39 is 5.41 Å². The maximum absolute atomic E-state index is 12.2. The fourth-order valence-electron chi connectivity index (χ4n) is 2.02. The summed E-state index contributed by atoms with van der Waals surface area (Å²) in [5.74, 6) is -0.303. The molecule has 0 amide bonds. The molecule has 1 rings (SSSR count). The Kier molecular flexibility index (Phi) is 9.02. The number of rotatable bonds is 7. The normalized spacial score (nSPS) is 11.6. The summed E-state index contributed by atoms with van der Waals surface area (Å²) in [6.45, 7) is 12.7. The fraction of sp³-hybridized carbons (Fsp3) is 0.600. The SMILES string of the molecule is CC(C)(C)OCCCCOC(=O)c1ccc(C(=O)C(C)(C)C)cc1.O.